The molecule has 1 aliphatic heterocycles. The number of hydrogen-bond donors (Lipinski definition) is 2. The lowest BCUT2D eigenvalue weighted by atomic mass is 10.2. The Labute approximate surface area is 73.5 Å². The molecule has 0 spiro atoms. The van der Waals surface area contributed by atoms with Crippen LogP contribution in [0.25, 0.3) is 0 Å². The van der Waals surface area contributed by atoms with E-state index < -0.39 is 0 Å². The van der Waals surface area contributed by atoms with E-state index in [1.165, 1.54) is 0 Å². The predicted molar refractivity (Wildman–Crippen MR) is 47.7 cm³/mol. The molecule has 0 bridgehead atoms. The first-order valence-electron chi connectivity index (χ1n) is 4.03. The fraction of sp³-hybridized carbons (Fsp3) is 0.875. The summed E-state index contributed by atoms with van der Waals surface area (Å²) in [5.74, 6) is 0. The molecule has 1 fully saturated rings. The van der Waals surface area contributed by atoms with Crippen LogP contribution in [0.2, 0.25) is 0 Å². The fourth-order valence-corrected chi connectivity index (χ4v) is 0.455. The van der Waals surface area contributed by atoms with Crippen molar-refractivity contribution in [1.82, 2.24) is 5.32 Å². The molecule has 1 rings (SSSR count). The van der Waals surface area contributed by atoms with Crippen molar-refractivity contribution in [2.24, 2.45) is 5.73 Å². The van der Waals surface area contributed by atoms with Crippen molar-refractivity contribution < 1.29 is 9.53 Å². The fourth-order valence-electron chi connectivity index (χ4n) is 0.455. The zero-order valence-electron chi connectivity index (χ0n) is 7.96. The summed E-state index contributed by atoms with van der Waals surface area (Å²) >= 11 is 0. The van der Waals surface area contributed by atoms with E-state index in [1.807, 2.05) is 20.8 Å². The molecular formula is C8H18N2O2. The van der Waals surface area contributed by atoms with Gasteiger partial charge in [0.2, 0.25) is 0 Å². The molecule has 0 saturated carbocycles. The van der Waals surface area contributed by atoms with E-state index in [0.717, 1.165) is 13.1 Å². The largest absolute Gasteiger partial charge is 0.462 e. The Morgan fingerprint density at radius 2 is 1.92 bits per heavy atom. The highest BCUT2D eigenvalue weighted by Gasteiger charge is 2.08. The van der Waals surface area contributed by atoms with Gasteiger partial charge in [-0.05, 0) is 20.8 Å². The van der Waals surface area contributed by atoms with Crippen LogP contribution in [0.1, 0.15) is 20.8 Å². The Morgan fingerprint density at radius 1 is 1.50 bits per heavy atom. The van der Waals surface area contributed by atoms with Crippen LogP contribution in [0.3, 0.4) is 0 Å². The molecule has 0 aromatic heterocycles. The maximum Gasteiger partial charge on any atom is 0.293 e. The molecule has 72 valence electrons. The van der Waals surface area contributed by atoms with Crippen molar-refractivity contribution in [3.63, 3.8) is 0 Å². The normalized spacial score (nSPS) is 17.0. The monoisotopic (exact) mass is 174 g/mol. The first-order chi connectivity index (χ1) is 5.45. The molecule has 1 heterocycles. The van der Waals surface area contributed by atoms with Crippen molar-refractivity contribution in [1.29, 1.82) is 0 Å². The maximum atomic E-state index is 9.60. The van der Waals surface area contributed by atoms with Crippen molar-refractivity contribution >= 4 is 6.47 Å². The van der Waals surface area contributed by atoms with Crippen LogP contribution in [0, 0.1) is 0 Å². The van der Waals surface area contributed by atoms with Crippen LogP contribution in [0.5, 0.6) is 0 Å². The van der Waals surface area contributed by atoms with Gasteiger partial charge in [-0.15, -0.1) is 0 Å². The van der Waals surface area contributed by atoms with E-state index in [-0.39, 0.29) is 5.60 Å². The second kappa shape index (κ2) is 5.11. The number of rotatable bonds is 1. The molecule has 0 unspecified atom stereocenters. The molecule has 1 saturated heterocycles. The summed E-state index contributed by atoms with van der Waals surface area (Å²) in [4.78, 5) is 9.60. The van der Waals surface area contributed by atoms with Gasteiger partial charge in [-0.1, -0.05) is 0 Å². The molecule has 4 nitrogen and oxygen atoms in total. The smallest absolute Gasteiger partial charge is 0.293 e. The van der Waals surface area contributed by atoms with Crippen LogP contribution in [0.4, 0.5) is 0 Å². The molecule has 0 radical (unpaired) electrons. The standard InChI is InChI=1S/C5H10O2.C3H8N2/c1-5(2,3)7-4-6;4-3-1-5-2-3/h4H,1-3H3;3,5H,1-2,4H2. The van der Waals surface area contributed by atoms with Crippen molar-refractivity contribution in [2.75, 3.05) is 13.1 Å². The molecule has 3 N–H and O–H groups in total. The third-order valence-corrected chi connectivity index (χ3v) is 1.21. The summed E-state index contributed by atoms with van der Waals surface area (Å²) in [6.07, 6.45) is 0. The molecule has 4 heteroatoms. The lowest BCUT2D eigenvalue weighted by molar-refractivity contribution is -0.138. The average molecular weight is 174 g/mol. The van der Waals surface area contributed by atoms with Crippen LogP contribution >= 0.6 is 0 Å². The van der Waals surface area contributed by atoms with Crippen molar-refractivity contribution in [2.45, 2.75) is 32.4 Å². The number of carbonyl (C=O) groups excluding carboxylic acids is 1. The first-order valence-corrected chi connectivity index (χ1v) is 4.03. The molecule has 0 aromatic rings. The number of hydrogen-bond acceptors (Lipinski definition) is 4. The van der Waals surface area contributed by atoms with Crippen molar-refractivity contribution in [3.8, 4) is 0 Å². The van der Waals surface area contributed by atoms with E-state index in [9.17, 15) is 4.79 Å². The molecule has 0 aliphatic carbocycles. The average Bonchev–Trinajstić information content (AvgIpc) is 1.82. The topological polar surface area (TPSA) is 64.3 Å². The van der Waals surface area contributed by atoms with Crippen LogP contribution < -0.4 is 11.1 Å². The van der Waals surface area contributed by atoms with Gasteiger partial charge in [0.25, 0.3) is 6.47 Å². The second-order valence-electron chi connectivity index (χ2n) is 3.74. The second-order valence-corrected chi connectivity index (χ2v) is 3.74. The van der Waals surface area contributed by atoms with Gasteiger partial charge in [0.15, 0.2) is 0 Å². The lowest BCUT2D eigenvalue weighted by Crippen LogP contribution is -2.52. The molecule has 0 aromatic carbocycles. The quantitative estimate of drug-likeness (QED) is 0.544. The van der Waals surface area contributed by atoms with Gasteiger partial charge in [-0.25, -0.2) is 0 Å². The molecule has 0 atom stereocenters. The van der Waals surface area contributed by atoms with Crippen LogP contribution in [-0.2, 0) is 9.53 Å². The highest BCUT2D eigenvalue weighted by molar-refractivity contribution is 5.37. The molecular weight excluding hydrogens is 156 g/mol. The third kappa shape index (κ3) is 7.50. The summed E-state index contributed by atoms with van der Waals surface area (Å²) < 4.78 is 4.55. The van der Waals surface area contributed by atoms with E-state index in [0.29, 0.717) is 12.5 Å². The summed E-state index contributed by atoms with van der Waals surface area (Å²) in [6, 6.07) is 0.454. The Kier molecular flexibility index (Phi) is 4.85. The molecule has 1 aliphatic rings. The zero-order valence-corrected chi connectivity index (χ0v) is 7.96. The van der Waals surface area contributed by atoms with Gasteiger partial charge in [-0.3, -0.25) is 4.79 Å². The Bertz CT molecular complexity index is 128. The first kappa shape index (κ1) is 11.4. The minimum atomic E-state index is -0.318. The SMILES string of the molecule is CC(C)(C)OC=O.NC1CNC1. The Balaban J connectivity index is 0.000000211. The van der Waals surface area contributed by atoms with E-state index >= 15 is 0 Å². The van der Waals surface area contributed by atoms with Gasteiger partial charge in [0.05, 0.1) is 0 Å². The number of nitrogens with two attached hydrogens (primary N) is 1. The van der Waals surface area contributed by atoms with Gasteiger partial charge in [0.1, 0.15) is 5.60 Å². The van der Waals surface area contributed by atoms with Gasteiger partial charge < -0.3 is 15.8 Å². The predicted octanol–water partition coefficient (Wildman–Crippen LogP) is -0.125. The summed E-state index contributed by atoms with van der Waals surface area (Å²) in [6.45, 7) is 7.95. The lowest BCUT2D eigenvalue weighted by Gasteiger charge is -2.21. The van der Waals surface area contributed by atoms with Crippen LogP contribution in [0.15, 0.2) is 0 Å². The number of carbonyl (C=O) groups is 1. The van der Waals surface area contributed by atoms with Crippen molar-refractivity contribution in [3.05, 3.63) is 0 Å². The van der Waals surface area contributed by atoms with Gasteiger partial charge in [0, 0.05) is 19.1 Å². The van der Waals surface area contributed by atoms with Gasteiger partial charge in [-0.2, -0.15) is 0 Å². The van der Waals surface area contributed by atoms with E-state index in [1.54, 1.807) is 0 Å². The Morgan fingerprint density at radius 3 is 1.92 bits per heavy atom. The Hall–Kier alpha value is -0.610. The minimum absolute atomic E-state index is 0.318. The summed E-state index contributed by atoms with van der Waals surface area (Å²) in [5.41, 5.74) is 5.00. The molecule has 0 amide bonds. The highest BCUT2D eigenvalue weighted by atomic mass is 16.5. The number of nitrogens with one attached hydrogen (secondary N) is 1. The minimum Gasteiger partial charge on any atom is -0.462 e. The zero-order chi connectivity index (χ0) is 9.61. The van der Waals surface area contributed by atoms with Crippen LogP contribution in [-0.4, -0.2) is 31.2 Å². The summed E-state index contributed by atoms with van der Waals surface area (Å²) in [7, 11) is 0. The van der Waals surface area contributed by atoms with E-state index in [2.05, 4.69) is 10.1 Å². The number of ether oxygens (including phenoxy) is 1. The van der Waals surface area contributed by atoms with Gasteiger partial charge >= 0.3 is 0 Å². The summed E-state index contributed by atoms with van der Waals surface area (Å²) in [5, 5.41) is 3.04. The van der Waals surface area contributed by atoms with E-state index in [4.69, 9.17) is 5.73 Å². The highest BCUT2D eigenvalue weighted by Crippen LogP contribution is 2.02. The maximum absolute atomic E-state index is 9.60. The third-order valence-electron chi connectivity index (χ3n) is 1.21. The molecule has 12 heavy (non-hydrogen) atoms.